The smallest absolute Gasteiger partial charge is 0.308 e. The number of likely N-dealkylation sites (tertiary alicyclic amines) is 1. The molecule has 3 rings (SSSR count). The summed E-state index contributed by atoms with van der Waals surface area (Å²) in [6.07, 6.45) is 0. The first-order valence-corrected chi connectivity index (χ1v) is 8.89. The molecule has 0 unspecified atom stereocenters. The first kappa shape index (κ1) is 19.0. The molecule has 0 spiro atoms. The zero-order valence-corrected chi connectivity index (χ0v) is 15.6. The van der Waals surface area contributed by atoms with E-state index in [2.05, 4.69) is 0 Å². The van der Waals surface area contributed by atoms with Crippen LogP contribution in [0.4, 0.5) is 0 Å². The predicted octanol–water partition coefficient (Wildman–Crippen LogP) is 3.05. The average Bonchev–Trinajstić information content (AvgIpc) is 3.12. The first-order chi connectivity index (χ1) is 13.0. The molecule has 6 nitrogen and oxygen atoms in total. The molecule has 0 aliphatic carbocycles. The van der Waals surface area contributed by atoms with Gasteiger partial charge in [0.15, 0.2) is 18.1 Å². The number of carbonyl (C=O) groups excluding carboxylic acids is 1. The van der Waals surface area contributed by atoms with E-state index < -0.39 is 11.9 Å². The minimum Gasteiger partial charge on any atom is -0.493 e. The van der Waals surface area contributed by atoms with Crippen LogP contribution < -0.4 is 9.47 Å². The van der Waals surface area contributed by atoms with Crippen molar-refractivity contribution in [2.75, 3.05) is 26.8 Å². The summed E-state index contributed by atoms with van der Waals surface area (Å²) in [5.74, 6) is -1.12. The Bertz CT molecular complexity index is 823. The summed E-state index contributed by atoms with van der Waals surface area (Å²) in [7, 11) is 1.53. The van der Waals surface area contributed by atoms with Crippen molar-refractivity contribution in [3.8, 4) is 11.5 Å². The lowest BCUT2D eigenvalue weighted by Crippen LogP contribution is -2.33. The molecule has 0 aromatic heterocycles. The van der Waals surface area contributed by atoms with Crippen molar-refractivity contribution in [1.82, 2.24) is 4.90 Å². The molecule has 27 heavy (non-hydrogen) atoms. The molecule has 1 aliphatic rings. The summed E-state index contributed by atoms with van der Waals surface area (Å²) in [5, 5.41) is 10.1. The second kappa shape index (κ2) is 8.31. The van der Waals surface area contributed by atoms with E-state index in [1.54, 1.807) is 30.3 Å². The van der Waals surface area contributed by atoms with Crippen LogP contribution in [0.5, 0.6) is 11.5 Å². The van der Waals surface area contributed by atoms with Gasteiger partial charge in [-0.3, -0.25) is 9.59 Å². The molecular weight excluding hydrogens is 370 g/mol. The maximum absolute atomic E-state index is 12.6. The summed E-state index contributed by atoms with van der Waals surface area (Å²) >= 11 is 5.91. The zero-order chi connectivity index (χ0) is 19.4. The van der Waals surface area contributed by atoms with Gasteiger partial charge in [0.05, 0.1) is 13.0 Å². The van der Waals surface area contributed by atoms with Gasteiger partial charge in [0, 0.05) is 24.0 Å². The highest BCUT2D eigenvalue weighted by Gasteiger charge is 2.40. The second-order valence-electron chi connectivity index (χ2n) is 6.34. The van der Waals surface area contributed by atoms with E-state index in [0.717, 1.165) is 5.56 Å². The van der Waals surface area contributed by atoms with Crippen LogP contribution in [0.1, 0.15) is 11.5 Å². The number of carboxylic acids is 1. The number of aliphatic carboxylic acids is 1. The number of benzene rings is 2. The first-order valence-electron chi connectivity index (χ1n) is 8.51. The third-order valence-electron chi connectivity index (χ3n) is 4.71. The van der Waals surface area contributed by atoms with E-state index in [1.807, 2.05) is 18.2 Å². The Morgan fingerprint density at radius 2 is 1.78 bits per heavy atom. The van der Waals surface area contributed by atoms with Crippen molar-refractivity contribution in [2.24, 2.45) is 5.92 Å². The van der Waals surface area contributed by atoms with Crippen LogP contribution in [0.15, 0.2) is 48.5 Å². The Kier molecular flexibility index (Phi) is 5.86. The standard InChI is InChI=1S/C20H20ClNO5/c1-26-17-4-2-3-5-18(17)27-12-19(23)22-10-15(16(11-22)20(24)25)13-6-8-14(21)9-7-13/h2-9,15-16H,10-12H2,1H3,(H,24,25)/t15-,16+/m0/s1. The van der Waals surface area contributed by atoms with Crippen molar-refractivity contribution < 1.29 is 24.2 Å². The summed E-state index contributed by atoms with van der Waals surface area (Å²) in [5.41, 5.74) is 0.854. The average molecular weight is 390 g/mol. The lowest BCUT2D eigenvalue weighted by Gasteiger charge is -2.17. The molecular formula is C20H20ClNO5. The number of hydrogen-bond donors (Lipinski definition) is 1. The van der Waals surface area contributed by atoms with Crippen LogP contribution in [0.3, 0.4) is 0 Å². The van der Waals surface area contributed by atoms with Gasteiger partial charge in [-0.2, -0.15) is 0 Å². The molecule has 0 bridgehead atoms. The fourth-order valence-corrected chi connectivity index (χ4v) is 3.40. The number of para-hydroxylation sites is 2. The number of rotatable bonds is 6. The highest BCUT2D eigenvalue weighted by Crippen LogP contribution is 2.34. The molecule has 2 aromatic carbocycles. The molecule has 1 N–H and O–H groups in total. The summed E-state index contributed by atoms with van der Waals surface area (Å²) in [6, 6.07) is 14.1. The van der Waals surface area contributed by atoms with Crippen LogP contribution in [-0.4, -0.2) is 48.7 Å². The van der Waals surface area contributed by atoms with Crippen molar-refractivity contribution in [3.05, 3.63) is 59.1 Å². The van der Waals surface area contributed by atoms with Crippen molar-refractivity contribution >= 4 is 23.5 Å². The molecule has 1 aliphatic heterocycles. The second-order valence-corrected chi connectivity index (χ2v) is 6.78. The number of carbonyl (C=O) groups is 2. The largest absolute Gasteiger partial charge is 0.493 e. The molecule has 0 radical (unpaired) electrons. The third-order valence-corrected chi connectivity index (χ3v) is 4.96. The van der Waals surface area contributed by atoms with Crippen LogP contribution >= 0.6 is 11.6 Å². The zero-order valence-electron chi connectivity index (χ0n) is 14.8. The van der Waals surface area contributed by atoms with Crippen LogP contribution in [0.25, 0.3) is 0 Å². The SMILES string of the molecule is COc1ccccc1OCC(=O)N1C[C@@H](C(=O)O)[C@H](c2ccc(Cl)cc2)C1. The quantitative estimate of drug-likeness (QED) is 0.821. The molecule has 1 saturated heterocycles. The topological polar surface area (TPSA) is 76.1 Å². The fraction of sp³-hybridized carbons (Fsp3) is 0.300. The fourth-order valence-electron chi connectivity index (χ4n) is 3.27. The number of nitrogens with zero attached hydrogens (tertiary/aromatic N) is 1. The Balaban J connectivity index is 1.68. The molecule has 2 aromatic rings. The van der Waals surface area contributed by atoms with Gasteiger partial charge in [-0.1, -0.05) is 35.9 Å². The monoisotopic (exact) mass is 389 g/mol. The molecule has 1 heterocycles. The Morgan fingerprint density at radius 1 is 1.11 bits per heavy atom. The lowest BCUT2D eigenvalue weighted by molar-refractivity contribution is -0.142. The predicted molar refractivity (Wildman–Crippen MR) is 100 cm³/mol. The summed E-state index contributed by atoms with van der Waals surface area (Å²) in [4.78, 5) is 25.8. The van der Waals surface area contributed by atoms with Gasteiger partial charge in [0.25, 0.3) is 5.91 Å². The highest BCUT2D eigenvalue weighted by atomic mass is 35.5. The van der Waals surface area contributed by atoms with Gasteiger partial charge < -0.3 is 19.5 Å². The normalized spacial score (nSPS) is 19.0. The van der Waals surface area contributed by atoms with Gasteiger partial charge in [-0.15, -0.1) is 0 Å². The molecule has 1 amide bonds. The van der Waals surface area contributed by atoms with Gasteiger partial charge in [-0.05, 0) is 29.8 Å². The van der Waals surface area contributed by atoms with Crippen LogP contribution in [-0.2, 0) is 9.59 Å². The summed E-state index contributed by atoms with van der Waals surface area (Å²) < 4.78 is 10.8. The highest BCUT2D eigenvalue weighted by molar-refractivity contribution is 6.30. The molecule has 7 heteroatoms. The van der Waals surface area contributed by atoms with Crippen molar-refractivity contribution in [3.63, 3.8) is 0 Å². The maximum Gasteiger partial charge on any atom is 0.308 e. The van der Waals surface area contributed by atoms with E-state index in [9.17, 15) is 14.7 Å². The van der Waals surface area contributed by atoms with Crippen molar-refractivity contribution in [2.45, 2.75) is 5.92 Å². The number of halogens is 1. The molecule has 2 atom stereocenters. The van der Waals surface area contributed by atoms with Gasteiger partial charge in [0.2, 0.25) is 0 Å². The summed E-state index contributed by atoms with van der Waals surface area (Å²) in [6.45, 7) is 0.295. The van der Waals surface area contributed by atoms with E-state index in [4.69, 9.17) is 21.1 Å². The molecule has 0 saturated carbocycles. The Labute approximate surface area is 162 Å². The van der Waals surface area contributed by atoms with E-state index in [1.165, 1.54) is 12.0 Å². The number of ether oxygens (including phenoxy) is 2. The minimum absolute atomic E-state index is 0.150. The van der Waals surface area contributed by atoms with Gasteiger partial charge >= 0.3 is 5.97 Å². The van der Waals surface area contributed by atoms with Gasteiger partial charge in [0.1, 0.15) is 0 Å². The maximum atomic E-state index is 12.6. The van der Waals surface area contributed by atoms with Crippen molar-refractivity contribution in [1.29, 1.82) is 0 Å². The van der Waals surface area contributed by atoms with Crippen LogP contribution in [0.2, 0.25) is 5.02 Å². The number of amides is 1. The van der Waals surface area contributed by atoms with Crippen LogP contribution in [0, 0.1) is 5.92 Å². The van der Waals surface area contributed by atoms with E-state index in [0.29, 0.717) is 23.1 Å². The molecule has 1 fully saturated rings. The lowest BCUT2D eigenvalue weighted by atomic mass is 9.89. The third kappa shape index (κ3) is 4.34. The van der Waals surface area contributed by atoms with E-state index >= 15 is 0 Å². The minimum atomic E-state index is -0.920. The van der Waals surface area contributed by atoms with Gasteiger partial charge in [-0.25, -0.2) is 0 Å². The number of hydrogen-bond acceptors (Lipinski definition) is 4. The Morgan fingerprint density at radius 3 is 2.41 bits per heavy atom. The number of methoxy groups -OCH3 is 1. The molecule has 142 valence electrons. The van der Waals surface area contributed by atoms with E-state index in [-0.39, 0.29) is 25.0 Å². The number of carboxylic acid groups (broad SMARTS) is 1. The Hall–Kier alpha value is -2.73.